The number of benzene rings is 1. The van der Waals surface area contributed by atoms with E-state index in [-0.39, 0.29) is 5.91 Å². The molecule has 1 aliphatic heterocycles. The number of carbonyl (C=O) groups excluding carboxylic acids is 2. The summed E-state index contributed by atoms with van der Waals surface area (Å²) < 4.78 is 39.6. The molecular formula is C12H11F3N2O3. The second-order valence-corrected chi connectivity index (χ2v) is 4.24. The topological polar surface area (TPSA) is 67.4 Å². The van der Waals surface area contributed by atoms with Gasteiger partial charge in [0.2, 0.25) is 5.91 Å². The van der Waals surface area contributed by atoms with Crippen LogP contribution in [0.5, 0.6) is 0 Å². The van der Waals surface area contributed by atoms with Crippen molar-refractivity contribution in [3.05, 3.63) is 23.8 Å². The third kappa shape index (κ3) is 3.87. The van der Waals surface area contributed by atoms with Crippen molar-refractivity contribution in [3.8, 4) is 0 Å². The maximum absolute atomic E-state index is 11.9. The molecule has 0 radical (unpaired) electrons. The highest BCUT2D eigenvalue weighted by Gasteiger charge is 2.29. The summed E-state index contributed by atoms with van der Waals surface area (Å²) in [6.07, 6.45) is -4.90. The van der Waals surface area contributed by atoms with Gasteiger partial charge >= 0.3 is 12.3 Å². The lowest BCUT2D eigenvalue weighted by molar-refractivity contribution is -0.159. The summed E-state index contributed by atoms with van der Waals surface area (Å²) in [6.45, 7) is -1.64. The normalized spacial score (nSPS) is 14.2. The van der Waals surface area contributed by atoms with Gasteiger partial charge in [0, 0.05) is 17.8 Å². The van der Waals surface area contributed by atoms with Crippen molar-refractivity contribution in [2.24, 2.45) is 0 Å². The molecule has 0 aromatic heterocycles. The van der Waals surface area contributed by atoms with Crippen molar-refractivity contribution in [1.82, 2.24) is 0 Å². The summed E-state index contributed by atoms with van der Waals surface area (Å²) >= 11 is 0. The van der Waals surface area contributed by atoms with Crippen LogP contribution in [0.15, 0.2) is 18.2 Å². The average Bonchev–Trinajstić information content (AvgIpc) is 2.36. The quantitative estimate of drug-likeness (QED) is 0.879. The summed E-state index contributed by atoms with van der Waals surface area (Å²) in [4.78, 5) is 22.3. The summed E-state index contributed by atoms with van der Waals surface area (Å²) in [7, 11) is 0. The van der Waals surface area contributed by atoms with E-state index in [0.29, 0.717) is 24.2 Å². The van der Waals surface area contributed by atoms with Crippen LogP contribution < -0.4 is 10.6 Å². The zero-order valence-corrected chi connectivity index (χ0v) is 10.2. The van der Waals surface area contributed by atoms with E-state index in [0.717, 1.165) is 5.56 Å². The van der Waals surface area contributed by atoms with Crippen LogP contribution in [-0.2, 0) is 16.0 Å². The maximum atomic E-state index is 11.9. The van der Waals surface area contributed by atoms with E-state index >= 15 is 0 Å². The number of alkyl halides is 3. The Hall–Kier alpha value is -2.25. The molecule has 20 heavy (non-hydrogen) atoms. The van der Waals surface area contributed by atoms with Crippen LogP contribution in [0.3, 0.4) is 0 Å². The second-order valence-electron chi connectivity index (χ2n) is 4.24. The van der Waals surface area contributed by atoms with Gasteiger partial charge in [0.1, 0.15) is 0 Å². The van der Waals surface area contributed by atoms with Crippen LogP contribution >= 0.6 is 0 Å². The first kappa shape index (κ1) is 14.2. The lowest BCUT2D eigenvalue weighted by Gasteiger charge is -2.17. The van der Waals surface area contributed by atoms with E-state index in [1.807, 2.05) is 0 Å². The molecule has 8 heteroatoms. The fraction of sp³-hybridized carbons (Fsp3) is 0.333. The number of hydrogen-bond donors (Lipinski definition) is 2. The van der Waals surface area contributed by atoms with Gasteiger partial charge in [-0.3, -0.25) is 10.1 Å². The van der Waals surface area contributed by atoms with Crippen LogP contribution in [0.2, 0.25) is 0 Å². The van der Waals surface area contributed by atoms with Gasteiger partial charge < -0.3 is 10.1 Å². The molecule has 0 atom stereocenters. The van der Waals surface area contributed by atoms with Crippen LogP contribution in [0.25, 0.3) is 0 Å². The average molecular weight is 288 g/mol. The van der Waals surface area contributed by atoms with Gasteiger partial charge in [0.05, 0.1) is 0 Å². The van der Waals surface area contributed by atoms with Crippen LogP contribution in [-0.4, -0.2) is 24.8 Å². The Labute approximate surface area is 112 Å². The number of nitrogens with one attached hydrogen (secondary N) is 2. The molecule has 0 spiro atoms. The lowest BCUT2D eigenvalue weighted by Crippen LogP contribution is -2.23. The predicted octanol–water partition coefficient (Wildman–Crippen LogP) is 2.68. The van der Waals surface area contributed by atoms with Crippen molar-refractivity contribution >= 4 is 23.4 Å². The predicted molar refractivity (Wildman–Crippen MR) is 64.4 cm³/mol. The number of anilines is 2. The monoisotopic (exact) mass is 288 g/mol. The number of aryl methyl sites for hydroxylation is 1. The summed E-state index contributed by atoms with van der Waals surface area (Å²) in [5.41, 5.74) is 1.75. The molecule has 1 aromatic rings. The maximum Gasteiger partial charge on any atom is 0.422 e. The number of carbonyl (C=O) groups is 2. The minimum absolute atomic E-state index is 0.0946. The Balaban J connectivity index is 1.97. The zero-order chi connectivity index (χ0) is 14.8. The van der Waals surface area contributed by atoms with E-state index < -0.39 is 18.9 Å². The Kier molecular flexibility index (Phi) is 3.82. The van der Waals surface area contributed by atoms with Gasteiger partial charge in [-0.15, -0.1) is 0 Å². The Morgan fingerprint density at radius 3 is 2.80 bits per heavy atom. The second kappa shape index (κ2) is 5.40. The number of rotatable bonds is 2. The van der Waals surface area contributed by atoms with E-state index in [1.54, 1.807) is 12.1 Å². The summed E-state index contributed by atoms with van der Waals surface area (Å²) in [5, 5.41) is 4.86. The Morgan fingerprint density at radius 2 is 2.10 bits per heavy atom. The molecular weight excluding hydrogens is 277 g/mol. The van der Waals surface area contributed by atoms with Crippen molar-refractivity contribution in [2.75, 3.05) is 17.2 Å². The largest absolute Gasteiger partial charge is 0.440 e. The third-order valence-electron chi connectivity index (χ3n) is 2.61. The standard InChI is InChI=1S/C12H11F3N2O3/c13-12(14,15)6-20-11(19)16-8-2-3-9-7(5-8)1-4-10(18)17-9/h2-3,5H,1,4,6H2,(H,16,19)(H,17,18). The molecule has 1 aliphatic rings. The smallest absolute Gasteiger partial charge is 0.422 e. The molecule has 0 unspecified atom stereocenters. The first-order chi connectivity index (χ1) is 9.33. The van der Waals surface area contributed by atoms with E-state index in [2.05, 4.69) is 15.4 Å². The van der Waals surface area contributed by atoms with Gasteiger partial charge in [-0.1, -0.05) is 0 Å². The first-order valence-electron chi connectivity index (χ1n) is 5.77. The van der Waals surface area contributed by atoms with Crippen LogP contribution in [0.4, 0.5) is 29.3 Å². The molecule has 5 nitrogen and oxygen atoms in total. The van der Waals surface area contributed by atoms with Crippen LogP contribution in [0, 0.1) is 0 Å². The van der Waals surface area contributed by atoms with Gasteiger partial charge in [-0.2, -0.15) is 13.2 Å². The molecule has 0 fully saturated rings. The molecule has 0 saturated heterocycles. The summed E-state index contributed by atoms with van der Waals surface area (Å²) in [5.74, 6) is -0.0946. The SMILES string of the molecule is O=C1CCc2cc(NC(=O)OCC(F)(F)F)ccc2N1. The number of amides is 2. The molecule has 1 heterocycles. The minimum atomic E-state index is -4.56. The number of halogens is 3. The lowest BCUT2D eigenvalue weighted by atomic mass is 10.0. The fourth-order valence-corrected chi connectivity index (χ4v) is 1.76. The van der Waals surface area contributed by atoms with Crippen molar-refractivity contribution in [2.45, 2.75) is 19.0 Å². The zero-order valence-electron chi connectivity index (χ0n) is 10.2. The van der Waals surface area contributed by atoms with Gasteiger partial charge in [-0.25, -0.2) is 4.79 Å². The van der Waals surface area contributed by atoms with Gasteiger partial charge in [0.25, 0.3) is 0 Å². The number of fused-ring (bicyclic) bond motifs is 1. The molecule has 2 rings (SSSR count). The number of hydrogen-bond acceptors (Lipinski definition) is 3. The molecule has 0 aliphatic carbocycles. The highest BCUT2D eigenvalue weighted by molar-refractivity contribution is 5.94. The molecule has 2 N–H and O–H groups in total. The molecule has 0 bridgehead atoms. The third-order valence-corrected chi connectivity index (χ3v) is 2.61. The van der Waals surface area contributed by atoms with Gasteiger partial charge in [0.15, 0.2) is 6.61 Å². The van der Waals surface area contributed by atoms with E-state index in [4.69, 9.17) is 0 Å². The number of ether oxygens (including phenoxy) is 1. The van der Waals surface area contributed by atoms with Crippen molar-refractivity contribution < 1.29 is 27.5 Å². The van der Waals surface area contributed by atoms with Crippen molar-refractivity contribution in [1.29, 1.82) is 0 Å². The minimum Gasteiger partial charge on any atom is -0.440 e. The fourth-order valence-electron chi connectivity index (χ4n) is 1.76. The van der Waals surface area contributed by atoms with E-state index in [1.165, 1.54) is 6.07 Å². The molecule has 2 amide bonds. The molecule has 0 saturated carbocycles. The van der Waals surface area contributed by atoms with E-state index in [9.17, 15) is 22.8 Å². The molecule has 108 valence electrons. The van der Waals surface area contributed by atoms with Crippen LogP contribution in [0.1, 0.15) is 12.0 Å². The van der Waals surface area contributed by atoms with Crippen molar-refractivity contribution in [3.63, 3.8) is 0 Å². The summed E-state index contributed by atoms with van der Waals surface area (Å²) in [6, 6.07) is 4.63. The first-order valence-corrected chi connectivity index (χ1v) is 5.77. The highest BCUT2D eigenvalue weighted by Crippen LogP contribution is 2.25. The Morgan fingerprint density at radius 1 is 1.35 bits per heavy atom. The van der Waals surface area contributed by atoms with Gasteiger partial charge in [-0.05, 0) is 30.2 Å². The Bertz CT molecular complexity index is 543. The molecule has 1 aromatic carbocycles. The highest BCUT2D eigenvalue weighted by atomic mass is 19.4.